The third kappa shape index (κ3) is 3.88. The van der Waals surface area contributed by atoms with E-state index in [1.807, 2.05) is 24.3 Å². The maximum Gasteiger partial charge on any atom is 0.256 e. The summed E-state index contributed by atoms with van der Waals surface area (Å²) < 4.78 is 25.7. The second kappa shape index (κ2) is 7.75. The number of amides is 1. The summed E-state index contributed by atoms with van der Waals surface area (Å²) in [6, 6.07) is 16.2. The Kier molecular flexibility index (Phi) is 5.30. The molecule has 8 heteroatoms. The molecular formula is C25H25N3O4S. The van der Waals surface area contributed by atoms with Gasteiger partial charge in [-0.05, 0) is 54.8 Å². The van der Waals surface area contributed by atoms with Gasteiger partial charge in [-0.3, -0.25) is 9.10 Å². The summed E-state index contributed by atoms with van der Waals surface area (Å²) in [7, 11) is -2.18. The minimum absolute atomic E-state index is 0.345. The van der Waals surface area contributed by atoms with Gasteiger partial charge in [0.25, 0.3) is 15.9 Å². The van der Waals surface area contributed by atoms with E-state index in [9.17, 15) is 18.3 Å². The van der Waals surface area contributed by atoms with E-state index < -0.39 is 21.5 Å². The van der Waals surface area contributed by atoms with E-state index in [1.165, 1.54) is 7.05 Å². The number of rotatable bonds is 6. The molecule has 0 spiro atoms. The number of carbonyl (C=O) groups is 1. The third-order valence-electron chi connectivity index (χ3n) is 5.84. The van der Waals surface area contributed by atoms with E-state index in [0.29, 0.717) is 16.8 Å². The summed E-state index contributed by atoms with van der Waals surface area (Å²) in [5.41, 5.74) is 9.06. The lowest BCUT2D eigenvalue weighted by Gasteiger charge is -2.18. The van der Waals surface area contributed by atoms with Crippen molar-refractivity contribution in [1.82, 2.24) is 4.98 Å². The Balaban J connectivity index is 2.01. The molecule has 1 aromatic heterocycles. The number of fused-ring (bicyclic) bond motifs is 3. The van der Waals surface area contributed by atoms with Crippen molar-refractivity contribution >= 4 is 43.4 Å². The van der Waals surface area contributed by atoms with Gasteiger partial charge in [0.05, 0.1) is 22.4 Å². The molecule has 0 unspecified atom stereocenters. The van der Waals surface area contributed by atoms with Crippen molar-refractivity contribution in [1.29, 1.82) is 0 Å². The molecule has 0 radical (unpaired) electrons. The van der Waals surface area contributed by atoms with Crippen LogP contribution < -0.4 is 10.0 Å². The Hall–Kier alpha value is -3.62. The van der Waals surface area contributed by atoms with Gasteiger partial charge in [0.1, 0.15) is 0 Å². The minimum atomic E-state index is -3.65. The van der Waals surface area contributed by atoms with Gasteiger partial charge in [0, 0.05) is 28.7 Å². The molecule has 0 saturated heterocycles. The molecule has 0 aliphatic heterocycles. The number of nitrogens with two attached hydrogens (primary N) is 1. The van der Waals surface area contributed by atoms with Gasteiger partial charge in [0.15, 0.2) is 0 Å². The SMILES string of the molecule is C=CS(=O)(=O)N(C)c1cccc(-c2ccc(C(N)=O)c3[nH]c4cc(C(C)(C)O)ccc4c23)c1. The van der Waals surface area contributed by atoms with Crippen LogP contribution >= 0.6 is 0 Å². The number of aromatic nitrogens is 1. The Bertz CT molecular complexity index is 1530. The highest BCUT2D eigenvalue weighted by Crippen LogP contribution is 2.38. The highest BCUT2D eigenvalue weighted by atomic mass is 32.2. The predicted molar refractivity (Wildman–Crippen MR) is 133 cm³/mol. The molecule has 4 N–H and O–H groups in total. The zero-order chi connectivity index (χ0) is 24.1. The number of H-pyrrole nitrogens is 1. The fourth-order valence-corrected chi connectivity index (χ4v) is 4.60. The van der Waals surface area contributed by atoms with Gasteiger partial charge in [0.2, 0.25) is 0 Å². The van der Waals surface area contributed by atoms with Gasteiger partial charge >= 0.3 is 0 Å². The Morgan fingerprint density at radius 3 is 2.52 bits per heavy atom. The maximum atomic E-state index is 12.3. The average molecular weight is 464 g/mol. The third-order valence-corrected chi connectivity index (χ3v) is 7.23. The van der Waals surface area contributed by atoms with Gasteiger partial charge in [-0.1, -0.05) is 36.9 Å². The fraction of sp³-hybridized carbons (Fsp3) is 0.160. The van der Waals surface area contributed by atoms with Crippen molar-refractivity contribution in [2.75, 3.05) is 11.4 Å². The molecule has 0 fully saturated rings. The Morgan fingerprint density at radius 2 is 1.88 bits per heavy atom. The highest BCUT2D eigenvalue weighted by Gasteiger charge is 2.21. The Morgan fingerprint density at radius 1 is 1.15 bits per heavy atom. The molecule has 0 atom stereocenters. The van der Waals surface area contributed by atoms with Gasteiger partial charge in [-0.2, -0.15) is 0 Å². The largest absolute Gasteiger partial charge is 0.386 e. The van der Waals surface area contributed by atoms with Crippen LogP contribution in [0.5, 0.6) is 0 Å². The quantitative estimate of drug-likeness (QED) is 0.397. The summed E-state index contributed by atoms with van der Waals surface area (Å²) in [5.74, 6) is -0.564. The topological polar surface area (TPSA) is 116 Å². The van der Waals surface area contributed by atoms with E-state index in [0.717, 1.165) is 42.7 Å². The van der Waals surface area contributed by atoms with Crippen LogP contribution in [-0.4, -0.2) is 31.5 Å². The van der Waals surface area contributed by atoms with Crippen LogP contribution in [0.3, 0.4) is 0 Å². The van der Waals surface area contributed by atoms with Crippen LogP contribution in [-0.2, 0) is 15.6 Å². The lowest BCUT2D eigenvalue weighted by atomic mass is 9.94. The average Bonchev–Trinajstić information content (AvgIpc) is 3.16. The molecule has 170 valence electrons. The zero-order valence-electron chi connectivity index (χ0n) is 18.6. The molecule has 1 amide bonds. The molecule has 4 rings (SSSR count). The lowest BCUT2D eigenvalue weighted by Crippen LogP contribution is -2.23. The number of carbonyl (C=O) groups excluding carboxylic acids is 1. The van der Waals surface area contributed by atoms with Crippen molar-refractivity contribution in [2.24, 2.45) is 5.73 Å². The second-order valence-electron chi connectivity index (χ2n) is 8.45. The monoisotopic (exact) mass is 463 g/mol. The van der Waals surface area contributed by atoms with E-state index in [1.54, 1.807) is 44.2 Å². The number of hydrogen-bond donors (Lipinski definition) is 3. The molecule has 0 saturated carbocycles. The van der Waals surface area contributed by atoms with Gasteiger partial charge in [-0.15, -0.1) is 0 Å². The standard InChI is InChI=1S/C25H25N3O4S/c1-5-33(31,32)28(4)17-8-6-7-15(13-17)18-11-12-20(24(26)29)23-22(18)19-10-9-16(25(2,3)30)14-21(19)27-23/h5-14,27,30H,1H2,2-4H3,(H2,26,29). The van der Waals surface area contributed by atoms with Gasteiger partial charge < -0.3 is 15.8 Å². The van der Waals surface area contributed by atoms with Crippen molar-refractivity contribution < 1.29 is 18.3 Å². The smallest absolute Gasteiger partial charge is 0.256 e. The molecule has 0 aliphatic rings. The van der Waals surface area contributed by atoms with Crippen molar-refractivity contribution in [3.63, 3.8) is 0 Å². The maximum absolute atomic E-state index is 12.3. The number of benzene rings is 3. The van der Waals surface area contributed by atoms with Crippen molar-refractivity contribution in [3.8, 4) is 11.1 Å². The molecule has 1 heterocycles. The number of aliphatic hydroxyl groups is 1. The molecular weight excluding hydrogens is 438 g/mol. The highest BCUT2D eigenvalue weighted by molar-refractivity contribution is 7.95. The lowest BCUT2D eigenvalue weighted by molar-refractivity contribution is 0.0787. The van der Waals surface area contributed by atoms with E-state index >= 15 is 0 Å². The fourth-order valence-electron chi connectivity index (χ4n) is 3.97. The van der Waals surface area contributed by atoms with E-state index in [4.69, 9.17) is 5.73 Å². The molecule has 0 aliphatic carbocycles. The summed E-state index contributed by atoms with van der Waals surface area (Å²) in [6.45, 7) is 6.79. The molecule has 33 heavy (non-hydrogen) atoms. The van der Waals surface area contributed by atoms with Crippen LogP contribution in [0.2, 0.25) is 0 Å². The summed E-state index contributed by atoms with van der Waals surface area (Å²) >= 11 is 0. The van der Waals surface area contributed by atoms with Crippen LogP contribution in [0.4, 0.5) is 5.69 Å². The number of anilines is 1. The molecule has 4 aromatic rings. The first-order valence-corrected chi connectivity index (χ1v) is 11.8. The normalized spacial score (nSPS) is 12.2. The first kappa shape index (κ1) is 22.6. The van der Waals surface area contributed by atoms with Crippen molar-refractivity contribution in [3.05, 3.63) is 77.7 Å². The first-order valence-electron chi connectivity index (χ1n) is 10.3. The number of hydrogen-bond acceptors (Lipinski definition) is 4. The number of aromatic amines is 1. The van der Waals surface area contributed by atoms with Crippen LogP contribution in [0.1, 0.15) is 29.8 Å². The predicted octanol–water partition coefficient (Wildman–Crippen LogP) is 4.22. The van der Waals surface area contributed by atoms with E-state index in [-0.39, 0.29) is 0 Å². The van der Waals surface area contributed by atoms with Gasteiger partial charge in [-0.25, -0.2) is 8.42 Å². The summed E-state index contributed by atoms with van der Waals surface area (Å²) in [6.07, 6.45) is 0. The molecule has 0 bridgehead atoms. The number of nitrogens with one attached hydrogen (secondary N) is 1. The second-order valence-corrected chi connectivity index (χ2v) is 10.4. The van der Waals surface area contributed by atoms with Crippen LogP contribution in [0.15, 0.2) is 66.6 Å². The van der Waals surface area contributed by atoms with Crippen molar-refractivity contribution in [2.45, 2.75) is 19.4 Å². The first-order chi connectivity index (χ1) is 15.4. The zero-order valence-corrected chi connectivity index (χ0v) is 19.4. The number of sulfonamides is 1. The van der Waals surface area contributed by atoms with E-state index in [2.05, 4.69) is 11.6 Å². The summed E-state index contributed by atoms with van der Waals surface area (Å²) in [5, 5.41) is 13.0. The molecule has 3 aromatic carbocycles. The minimum Gasteiger partial charge on any atom is -0.386 e. The number of primary amides is 1. The van der Waals surface area contributed by atoms with Crippen LogP contribution in [0.25, 0.3) is 32.9 Å². The molecule has 7 nitrogen and oxygen atoms in total. The Labute approximate surface area is 192 Å². The number of nitrogens with zero attached hydrogens (tertiary/aromatic N) is 1. The summed E-state index contributed by atoms with van der Waals surface area (Å²) in [4.78, 5) is 15.4. The van der Waals surface area contributed by atoms with Crippen LogP contribution in [0, 0.1) is 0 Å².